The van der Waals surface area contributed by atoms with Gasteiger partial charge in [-0.05, 0) is 19.8 Å². The molecular formula is C7H14O. The summed E-state index contributed by atoms with van der Waals surface area (Å²) in [7, 11) is 0. The molecule has 0 rings (SSSR count). The average molecular weight is 114 g/mol. The first-order valence-corrected chi connectivity index (χ1v) is 2.99. The van der Waals surface area contributed by atoms with Crippen molar-refractivity contribution >= 4 is 0 Å². The third-order valence-corrected chi connectivity index (χ3v) is 1.26. The molecule has 0 aromatic rings. The van der Waals surface area contributed by atoms with Gasteiger partial charge in [-0.15, -0.1) is 0 Å². The van der Waals surface area contributed by atoms with Crippen LogP contribution in [0.25, 0.3) is 0 Å². The molecule has 1 heteroatoms. The van der Waals surface area contributed by atoms with Crippen molar-refractivity contribution < 1.29 is 5.11 Å². The number of aliphatic hydroxyl groups is 1. The summed E-state index contributed by atoms with van der Waals surface area (Å²) < 4.78 is 0. The van der Waals surface area contributed by atoms with Crippen LogP contribution in [0.4, 0.5) is 0 Å². The molecule has 0 amide bonds. The van der Waals surface area contributed by atoms with Gasteiger partial charge in [-0.25, -0.2) is 0 Å². The third kappa shape index (κ3) is 2.80. The Kier molecular flexibility index (Phi) is 3.53. The summed E-state index contributed by atoms with van der Waals surface area (Å²) in [6.07, 6.45) is 3.73. The first-order chi connectivity index (χ1) is 3.68. The quantitative estimate of drug-likeness (QED) is 0.540. The van der Waals surface area contributed by atoms with Crippen LogP contribution in [0, 0.1) is 5.92 Å². The summed E-state index contributed by atoms with van der Waals surface area (Å²) in [6, 6.07) is 0. The Morgan fingerprint density at radius 1 is 1.38 bits per heavy atom. The number of hydrogen-bond donors (Lipinski definition) is 1. The minimum atomic E-state index is -0.216. The number of rotatable bonds is 2. The molecule has 2 unspecified atom stereocenters. The van der Waals surface area contributed by atoms with Crippen molar-refractivity contribution in [2.75, 3.05) is 0 Å². The molecule has 0 spiro atoms. The maximum Gasteiger partial charge on any atom is 0.0572 e. The fraction of sp³-hybridized carbons (Fsp3) is 0.714. The van der Waals surface area contributed by atoms with Crippen LogP contribution in [0.5, 0.6) is 0 Å². The maximum atomic E-state index is 8.90. The second-order valence-electron chi connectivity index (χ2n) is 2.13. The van der Waals surface area contributed by atoms with Crippen LogP contribution < -0.4 is 0 Å². The minimum absolute atomic E-state index is 0.216. The first kappa shape index (κ1) is 7.70. The van der Waals surface area contributed by atoms with Gasteiger partial charge in [0, 0.05) is 0 Å². The normalized spacial score (nSPS) is 19.0. The van der Waals surface area contributed by atoms with Crippen LogP contribution in [0.15, 0.2) is 12.2 Å². The molecule has 1 nitrogen and oxygen atoms in total. The Labute approximate surface area is 51.0 Å². The maximum absolute atomic E-state index is 8.90. The van der Waals surface area contributed by atoms with Gasteiger partial charge < -0.3 is 5.11 Å². The molecule has 0 aliphatic carbocycles. The fourth-order valence-corrected chi connectivity index (χ4v) is 0.464. The Morgan fingerprint density at radius 3 is 2.00 bits per heavy atom. The van der Waals surface area contributed by atoms with Gasteiger partial charge in [-0.3, -0.25) is 0 Å². The van der Waals surface area contributed by atoms with E-state index >= 15 is 0 Å². The highest BCUT2D eigenvalue weighted by Crippen LogP contribution is 2.02. The monoisotopic (exact) mass is 114 g/mol. The lowest BCUT2D eigenvalue weighted by molar-refractivity contribution is 0.157. The highest BCUT2D eigenvalue weighted by molar-refractivity contribution is 4.85. The van der Waals surface area contributed by atoms with Crippen LogP contribution in [0.2, 0.25) is 0 Å². The molecule has 0 aromatic heterocycles. The summed E-state index contributed by atoms with van der Waals surface area (Å²) in [5.41, 5.74) is 0. The highest BCUT2D eigenvalue weighted by atomic mass is 16.3. The zero-order valence-electron chi connectivity index (χ0n) is 5.76. The van der Waals surface area contributed by atoms with Crippen LogP contribution in [0.1, 0.15) is 20.8 Å². The second kappa shape index (κ2) is 3.67. The third-order valence-electron chi connectivity index (χ3n) is 1.26. The van der Waals surface area contributed by atoms with Gasteiger partial charge in [-0.2, -0.15) is 0 Å². The molecular weight excluding hydrogens is 100 g/mol. The van der Waals surface area contributed by atoms with E-state index in [9.17, 15) is 0 Å². The van der Waals surface area contributed by atoms with Crippen LogP contribution in [-0.4, -0.2) is 11.2 Å². The van der Waals surface area contributed by atoms with Crippen molar-refractivity contribution in [2.24, 2.45) is 5.92 Å². The fourth-order valence-electron chi connectivity index (χ4n) is 0.464. The summed E-state index contributed by atoms with van der Waals surface area (Å²) in [5.74, 6) is 0.292. The number of allylic oxidation sites excluding steroid dienone is 1. The lowest BCUT2D eigenvalue weighted by atomic mass is 10.1. The van der Waals surface area contributed by atoms with E-state index in [0.29, 0.717) is 5.92 Å². The van der Waals surface area contributed by atoms with Crippen molar-refractivity contribution in [1.82, 2.24) is 0 Å². The van der Waals surface area contributed by atoms with Crippen molar-refractivity contribution in [3.63, 3.8) is 0 Å². The Bertz CT molecular complexity index is 74.5. The number of aliphatic hydroxyl groups excluding tert-OH is 1. The molecule has 0 heterocycles. The highest BCUT2D eigenvalue weighted by Gasteiger charge is 2.01. The zero-order valence-corrected chi connectivity index (χ0v) is 5.76. The number of hydrogen-bond acceptors (Lipinski definition) is 1. The van der Waals surface area contributed by atoms with Crippen molar-refractivity contribution in [2.45, 2.75) is 26.9 Å². The van der Waals surface area contributed by atoms with Crippen LogP contribution >= 0.6 is 0 Å². The van der Waals surface area contributed by atoms with Crippen LogP contribution in [0.3, 0.4) is 0 Å². The standard InChI is InChI=1S/C7H14O/c1-4-5-6(2)7(3)8/h4-8H,1-3H3/b5-4+. The Hall–Kier alpha value is -0.300. The molecule has 0 saturated carbocycles. The van der Waals surface area contributed by atoms with E-state index in [0.717, 1.165) is 0 Å². The van der Waals surface area contributed by atoms with E-state index in [4.69, 9.17) is 5.11 Å². The van der Waals surface area contributed by atoms with E-state index in [1.165, 1.54) is 0 Å². The predicted molar refractivity (Wildman–Crippen MR) is 35.7 cm³/mol. The molecule has 0 aliphatic heterocycles. The Balaban J connectivity index is 3.47. The van der Waals surface area contributed by atoms with Gasteiger partial charge in [0.1, 0.15) is 0 Å². The molecule has 0 bridgehead atoms. The summed E-state index contributed by atoms with van der Waals surface area (Å²) in [4.78, 5) is 0. The smallest absolute Gasteiger partial charge is 0.0572 e. The Morgan fingerprint density at radius 2 is 1.88 bits per heavy atom. The topological polar surface area (TPSA) is 20.2 Å². The molecule has 0 aliphatic rings. The van der Waals surface area contributed by atoms with Gasteiger partial charge in [0.05, 0.1) is 6.10 Å². The van der Waals surface area contributed by atoms with Gasteiger partial charge in [0.25, 0.3) is 0 Å². The van der Waals surface area contributed by atoms with E-state index in [-0.39, 0.29) is 6.10 Å². The van der Waals surface area contributed by atoms with E-state index < -0.39 is 0 Å². The van der Waals surface area contributed by atoms with Crippen molar-refractivity contribution in [1.29, 1.82) is 0 Å². The second-order valence-corrected chi connectivity index (χ2v) is 2.13. The predicted octanol–water partition coefficient (Wildman–Crippen LogP) is 1.58. The van der Waals surface area contributed by atoms with Gasteiger partial charge in [-0.1, -0.05) is 19.1 Å². The first-order valence-electron chi connectivity index (χ1n) is 2.99. The average Bonchev–Trinajstić information content (AvgIpc) is 1.67. The lowest BCUT2D eigenvalue weighted by Crippen LogP contribution is -2.09. The van der Waals surface area contributed by atoms with Crippen molar-refractivity contribution in [3.05, 3.63) is 12.2 Å². The summed E-state index contributed by atoms with van der Waals surface area (Å²) >= 11 is 0. The molecule has 48 valence electrons. The zero-order chi connectivity index (χ0) is 6.57. The van der Waals surface area contributed by atoms with Gasteiger partial charge in [0.15, 0.2) is 0 Å². The van der Waals surface area contributed by atoms with Crippen LogP contribution in [-0.2, 0) is 0 Å². The van der Waals surface area contributed by atoms with Gasteiger partial charge in [0.2, 0.25) is 0 Å². The molecule has 2 atom stereocenters. The molecule has 0 fully saturated rings. The van der Waals surface area contributed by atoms with E-state index in [1.54, 1.807) is 6.92 Å². The molecule has 8 heavy (non-hydrogen) atoms. The van der Waals surface area contributed by atoms with Gasteiger partial charge >= 0.3 is 0 Å². The van der Waals surface area contributed by atoms with E-state index in [1.807, 2.05) is 26.0 Å². The molecule has 0 aromatic carbocycles. The minimum Gasteiger partial charge on any atom is -0.393 e. The largest absolute Gasteiger partial charge is 0.393 e. The SMILES string of the molecule is C/C=C/C(C)C(C)O. The summed E-state index contributed by atoms with van der Waals surface area (Å²) in [6.45, 7) is 5.74. The molecule has 1 N–H and O–H groups in total. The molecule has 0 saturated heterocycles. The van der Waals surface area contributed by atoms with E-state index in [2.05, 4.69) is 0 Å². The molecule has 0 radical (unpaired) electrons. The summed E-state index contributed by atoms with van der Waals surface area (Å²) in [5, 5.41) is 8.90. The lowest BCUT2D eigenvalue weighted by Gasteiger charge is -2.07. The van der Waals surface area contributed by atoms with Crippen molar-refractivity contribution in [3.8, 4) is 0 Å².